The Bertz CT molecular complexity index is 357. The third-order valence-corrected chi connectivity index (χ3v) is 1.99. The van der Waals surface area contributed by atoms with Crippen molar-refractivity contribution >= 4 is 22.8 Å². The van der Waals surface area contributed by atoms with Crippen LogP contribution in [0.15, 0.2) is 24.3 Å². The van der Waals surface area contributed by atoms with Crippen molar-refractivity contribution in [1.29, 1.82) is 0 Å². The smallest absolute Gasteiger partial charge is 0.311 e. The Morgan fingerprint density at radius 1 is 1.27 bits per heavy atom. The molecule has 0 bridgehead atoms. The van der Waals surface area contributed by atoms with Gasteiger partial charge in [0.15, 0.2) is 0 Å². The van der Waals surface area contributed by atoms with Crippen LogP contribution in [0.4, 0.5) is 0 Å². The van der Waals surface area contributed by atoms with Crippen LogP contribution in [0.3, 0.4) is 0 Å². The summed E-state index contributed by atoms with van der Waals surface area (Å²) in [5, 5.41) is -0.526. The molecule has 0 aliphatic carbocycles. The summed E-state index contributed by atoms with van der Waals surface area (Å²) in [6.45, 7) is 1.90. The molecule has 0 unspecified atom stereocenters. The molecule has 0 N–H and O–H groups in total. The first-order chi connectivity index (χ1) is 7.13. The monoisotopic (exact) mass is 226 g/mol. The normalized spacial score (nSPS) is 9.73. The summed E-state index contributed by atoms with van der Waals surface area (Å²) in [5.41, 5.74) is 0.381. The maximum Gasteiger partial charge on any atom is 0.311 e. The Labute approximate surface area is 93.0 Å². The lowest BCUT2D eigenvalue weighted by atomic mass is 10.2. The molecular weight excluding hydrogens is 216 g/mol. The molecule has 0 spiro atoms. The van der Waals surface area contributed by atoms with Gasteiger partial charge in [0.05, 0.1) is 0 Å². The average Bonchev–Trinajstić information content (AvgIpc) is 2.18. The molecule has 0 aliphatic rings. The molecule has 0 saturated carbocycles. The summed E-state index contributed by atoms with van der Waals surface area (Å²) in [6.07, 6.45) is 1.13. The minimum atomic E-state index is -0.526. The predicted octanol–water partition coefficient (Wildman–Crippen LogP) is 2.77. The molecule has 1 rings (SSSR count). The van der Waals surface area contributed by atoms with E-state index in [0.717, 1.165) is 6.42 Å². The lowest BCUT2D eigenvalue weighted by Gasteiger charge is -2.03. The molecule has 1 aromatic rings. The van der Waals surface area contributed by atoms with Gasteiger partial charge in [-0.25, -0.2) is 0 Å². The van der Waals surface area contributed by atoms with Crippen molar-refractivity contribution in [1.82, 2.24) is 0 Å². The number of carbonyl (C=O) groups is 2. The molecule has 0 amide bonds. The van der Waals surface area contributed by atoms with E-state index in [4.69, 9.17) is 16.3 Å². The molecule has 0 saturated heterocycles. The van der Waals surface area contributed by atoms with Crippen molar-refractivity contribution in [2.75, 3.05) is 0 Å². The number of carbonyl (C=O) groups excluding carboxylic acids is 2. The van der Waals surface area contributed by atoms with Crippen molar-refractivity contribution in [2.24, 2.45) is 0 Å². The number of rotatable bonds is 4. The van der Waals surface area contributed by atoms with E-state index in [1.807, 2.05) is 6.92 Å². The minimum Gasteiger partial charge on any atom is -0.427 e. The van der Waals surface area contributed by atoms with Crippen molar-refractivity contribution in [3.8, 4) is 5.75 Å². The van der Waals surface area contributed by atoms with Crippen LogP contribution in [0.5, 0.6) is 5.75 Å². The number of hydrogen-bond donors (Lipinski definition) is 0. The molecule has 4 heteroatoms. The Hall–Kier alpha value is -1.35. The van der Waals surface area contributed by atoms with Crippen LogP contribution in [-0.2, 0) is 4.79 Å². The average molecular weight is 227 g/mol. The van der Waals surface area contributed by atoms with E-state index in [2.05, 4.69) is 0 Å². The summed E-state index contributed by atoms with van der Waals surface area (Å²) in [4.78, 5) is 21.9. The van der Waals surface area contributed by atoms with E-state index in [1.165, 1.54) is 12.1 Å². The Morgan fingerprint density at radius 3 is 2.33 bits per heavy atom. The second kappa shape index (κ2) is 5.51. The second-order valence-electron chi connectivity index (χ2n) is 3.02. The van der Waals surface area contributed by atoms with Gasteiger partial charge in [-0.2, -0.15) is 0 Å². The molecule has 0 aliphatic heterocycles. The zero-order valence-corrected chi connectivity index (χ0v) is 9.08. The van der Waals surface area contributed by atoms with Gasteiger partial charge in [-0.3, -0.25) is 9.59 Å². The largest absolute Gasteiger partial charge is 0.427 e. The fourth-order valence-corrected chi connectivity index (χ4v) is 1.17. The highest BCUT2D eigenvalue weighted by Crippen LogP contribution is 2.14. The van der Waals surface area contributed by atoms with Gasteiger partial charge in [0, 0.05) is 12.0 Å². The van der Waals surface area contributed by atoms with Crippen LogP contribution in [0.25, 0.3) is 0 Å². The van der Waals surface area contributed by atoms with Crippen LogP contribution in [0, 0.1) is 0 Å². The van der Waals surface area contributed by atoms with Crippen molar-refractivity contribution in [3.05, 3.63) is 29.8 Å². The van der Waals surface area contributed by atoms with E-state index < -0.39 is 5.24 Å². The van der Waals surface area contributed by atoms with E-state index in [1.54, 1.807) is 12.1 Å². The van der Waals surface area contributed by atoms with Crippen LogP contribution >= 0.6 is 11.6 Å². The van der Waals surface area contributed by atoms with Gasteiger partial charge < -0.3 is 4.74 Å². The van der Waals surface area contributed by atoms with Crippen molar-refractivity contribution < 1.29 is 14.3 Å². The van der Waals surface area contributed by atoms with Gasteiger partial charge in [-0.05, 0) is 42.3 Å². The van der Waals surface area contributed by atoms with E-state index in [9.17, 15) is 9.59 Å². The number of halogens is 1. The lowest BCUT2D eigenvalue weighted by Crippen LogP contribution is -2.06. The summed E-state index contributed by atoms with van der Waals surface area (Å²) < 4.78 is 5.00. The van der Waals surface area contributed by atoms with Gasteiger partial charge in [-0.1, -0.05) is 6.92 Å². The summed E-state index contributed by atoms with van der Waals surface area (Å²) in [6, 6.07) is 6.13. The minimum absolute atomic E-state index is 0.276. The lowest BCUT2D eigenvalue weighted by molar-refractivity contribution is -0.134. The molecule has 15 heavy (non-hydrogen) atoms. The van der Waals surface area contributed by atoms with Crippen LogP contribution < -0.4 is 4.74 Å². The SMILES string of the molecule is CCCC(=O)Oc1ccc(C(=O)Cl)cc1. The molecule has 0 radical (unpaired) electrons. The second-order valence-corrected chi connectivity index (χ2v) is 3.37. The molecule has 3 nitrogen and oxygen atoms in total. The van der Waals surface area contributed by atoms with Crippen molar-refractivity contribution in [2.45, 2.75) is 19.8 Å². The fraction of sp³-hybridized carbons (Fsp3) is 0.273. The molecular formula is C11H11ClO3. The standard InChI is InChI=1S/C11H11ClO3/c1-2-3-10(13)15-9-6-4-8(5-7-9)11(12)14/h4-7H,2-3H2,1H3. The third kappa shape index (κ3) is 3.72. The maximum absolute atomic E-state index is 11.1. The molecule has 0 atom stereocenters. The molecule has 0 fully saturated rings. The number of ether oxygens (including phenoxy) is 1. The van der Waals surface area contributed by atoms with E-state index in [-0.39, 0.29) is 5.97 Å². The fourth-order valence-electron chi connectivity index (χ4n) is 1.04. The first kappa shape index (κ1) is 11.7. The van der Waals surface area contributed by atoms with Gasteiger partial charge >= 0.3 is 5.97 Å². The number of esters is 1. The van der Waals surface area contributed by atoms with Gasteiger partial charge in [0.25, 0.3) is 5.24 Å². The molecule has 0 heterocycles. The highest BCUT2D eigenvalue weighted by molar-refractivity contribution is 6.67. The topological polar surface area (TPSA) is 43.4 Å². The van der Waals surface area contributed by atoms with Crippen LogP contribution in [-0.4, -0.2) is 11.2 Å². The predicted molar refractivity (Wildman–Crippen MR) is 57.2 cm³/mol. The van der Waals surface area contributed by atoms with Gasteiger partial charge in [0.2, 0.25) is 0 Å². The zero-order valence-electron chi connectivity index (χ0n) is 8.33. The Kier molecular flexibility index (Phi) is 4.31. The molecule has 0 aromatic heterocycles. The Morgan fingerprint density at radius 2 is 1.87 bits per heavy atom. The highest BCUT2D eigenvalue weighted by atomic mass is 35.5. The van der Waals surface area contributed by atoms with Crippen LogP contribution in [0.1, 0.15) is 30.1 Å². The highest BCUT2D eigenvalue weighted by Gasteiger charge is 2.05. The third-order valence-electron chi connectivity index (χ3n) is 1.77. The molecule has 1 aromatic carbocycles. The zero-order chi connectivity index (χ0) is 11.3. The summed E-state index contributed by atoms with van der Waals surface area (Å²) in [7, 11) is 0. The van der Waals surface area contributed by atoms with Gasteiger partial charge in [0.1, 0.15) is 5.75 Å². The number of benzene rings is 1. The Balaban J connectivity index is 2.64. The maximum atomic E-state index is 11.1. The first-order valence-corrected chi connectivity index (χ1v) is 5.02. The van der Waals surface area contributed by atoms with Crippen molar-refractivity contribution in [3.63, 3.8) is 0 Å². The number of hydrogen-bond acceptors (Lipinski definition) is 3. The van der Waals surface area contributed by atoms with Crippen LogP contribution in [0.2, 0.25) is 0 Å². The summed E-state index contributed by atoms with van der Waals surface area (Å²) >= 11 is 5.26. The van der Waals surface area contributed by atoms with E-state index in [0.29, 0.717) is 17.7 Å². The van der Waals surface area contributed by atoms with Gasteiger partial charge in [-0.15, -0.1) is 0 Å². The first-order valence-electron chi connectivity index (χ1n) is 4.64. The summed E-state index contributed by atoms with van der Waals surface area (Å²) in [5.74, 6) is 0.151. The van der Waals surface area contributed by atoms with E-state index >= 15 is 0 Å². The molecule has 80 valence electrons. The quantitative estimate of drug-likeness (QED) is 0.451.